The van der Waals surface area contributed by atoms with Crippen molar-refractivity contribution in [3.05, 3.63) is 41.1 Å². The van der Waals surface area contributed by atoms with Crippen LogP contribution in [0.1, 0.15) is 52.0 Å². The normalized spacial score (nSPS) is 12.8. The molecule has 0 fully saturated rings. The molecule has 2 nitrogen and oxygen atoms in total. The summed E-state index contributed by atoms with van der Waals surface area (Å²) in [7, 11) is 0. The second-order valence-electron chi connectivity index (χ2n) is 5.14. The van der Waals surface area contributed by atoms with E-state index in [9.17, 15) is 5.21 Å². The lowest BCUT2D eigenvalue weighted by molar-refractivity contribution is -0.537. The maximum Gasteiger partial charge on any atom is 0.182 e. The zero-order chi connectivity index (χ0) is 12.7. The highest BCUT2D eigenvalue weighted by Gasteiger charge is 2.25. The molecule has 1 aromatic rings. The van der Waals surface area contributed by atoms with Crippen molar-refractivity contribution in [1.29, 1.82) is 0 Å². The number of hydroxylamine groups is 1. The smallest absolute Gasteiger partial charge is 0.182 e. The molecule has 0 radical (unpaired) electrons. The zero-order valence-corrected chi connectivity index (χ0v) is 11.1. The van der Waals surface area contributed by atoms with E-state index in [0.717, 1.165) is 23.1 Å². The molecule has 0 atom stereocenters. The van der Waals surface area contributed by atoms with Gasteiger partial charge in [-0.25, -0.2) is 4.74 Å². The van der Waals surface area contributed by atoms with E-state index in [4.69, 9.17) is 0 Å². The third-order valence-corrected chi connectivity index (χ3v) is 3.05. The van der Waals surface area contributed by atoms with Crippen molar-refractivity contribution in [2.24, 2.45) is 0 Å². The van der Waals surface area contributed by atoms with Gasteiger partial charge < -0.3 is 5.21 Å². The summed E-state index contributed by atoms with van der Waals surface area (Å²) < 4.78 is 1.10. The van der Waals surface area contributed by atoms with Crippen molar-refractivity contribution in [3.63, 3.8) is 0 Å². The van der Waals surface area contributed by atoms with Gasteiger partial charge in [-0.05, 0) is 18.6 Å². The van der Waals surface area contributed by atoms with Crippen LogP contribution in [0, 0.1) is 5.21 Å². The number of benzene rings is 1. The molecule has 94 valence electrons. The molecule has 0 unspecified atom stereocenters. The van der Waals surface area contributed by atoms with Gasteiger partial charge in [0.05, 0.1) is 0 Å². The van der Waals surface area contributed by atoms with Gasteiger partial charge >= 0.3 is 0 Å². The van der Waals surface area contributed by atoms with Crippen LogP contribution in [0.25, 0.3) is 0 Å². The largest absolute Gasteiger partial charge is 0.623 e. The quantitative estimate of drug-likeness (QED) is 0.240. The maximum atomic E-state index is 12.1. The van der Waals surface area contributed by atoms with Crippen molar-refractivity contribution in [3.8, 4) is 0 Å². The summed E-state index contributed by atoms with van der Waals surface area (Å²) in [6.07, 6.45) is 6.13. The minimum absolute atomic E-state index is 0.314. The van der Waals surface area contributed by atoms with Crippen LogP contribution in [0.15, 0.2) is 30.3 Å². The second-order valence-corrected chi connectivity index (χ2v) is 5.14. The maximum absolute atomic E-state index is 12.1. The highest BCUT2D eigenvalue weighted by atomic mass is 16.5. The van der Waals surface area contributed by atoms with Gasteiger partial charge in [0, 0.05) is 25.8 Å². The fourth-order valence-corrected chi connectivity index (χ4v) is 1.77. The van der Waals surface area contributed by atoms with Gasteiger partial charge in [-0.3, -0.25) is 0 Å². The van der Waals surface area contributed by atoms with Crippen molar-refractivity contribution in [2.75, 3.05) is 0 Å². The lowest BCUT2D eigenvalue weighted by Crippen LogP contribution is -2.33. The molecule has 0 aliphatic heterocycles. The Bertz CT molecular complexity index is 354. The molecule has 0 aliphatic carbocycles. The standard InChI is InChI=1S/C15H23NO/c1-4-5-9-12-15(2,3)16(17)13-14-10-7-6-8-11-14/h6-8,10-11,13H,4-5,9,12H2,1-3H3. The number of hydrogen-bond acceptors (Lipinski definition) is 1. The zero-order valence-electron chi connectivity index (χ0n) is 11.1. The molecule has 17 heavy (non-hydrogen) atoms. The Morgan fingerprint density at radius 2 is 1.82 bits per heavy atom. The first-order valence-electron chi connectivity index (χ1n) is 6.42. The van der Waals surface area contributed by atoms with E-state index in [0.29, 0.717) is 0 Å². The third kappa shape index (κ3) is 4.59. The van der Waals surface area contributed by atoms with Gasteiger partial charge in [0.1, 0.15) is 0 Å². The molecule has 0 N–H and O–H groups in total. The first-order valence-corrected chi connectivity index (χ1v) is 6.42. The molecule has 1 rings (SSSR count). The first kappa shape index (κ1) is 13.8. The van der Waals surface area contributed by atoms with Crippen LogP contribution in [0.3, 0.4) is 0 Å². The summed E-state index contributed by atoms with van der Waals surface area (Å²) in [4.78, 5) is 0. The summed E-state index contributed by atoms with van der Waals surface area (Å²) in [6.45, 7) is 6.20. The molecule has 0 spiro atoms. The van der Waals surface area contributed by atoms with Crippen molar-refractivity contribution in [2.45, 2.75) is 52.0 Å². The summed E-state index contributed by atoms with van der Waals surface area (Å²) >= 11 is 0. The summed E-state index contributed by atoms with van der Waals surface area (Å²) in [5.74, 6) is 0. The Balaban J connectivity index is 2.67. The molecule has 2 heteroatoms. The Morgan fingerprint density at radius 3 is 2.41 bits per heavy atom. The highest BCUT2D eigenvalue weighted by molar-refractivity contribution is 5.75. The van der Waals surface area contributed by atoms with Gasteiger partial charge in [-0.2, -0.15) is 0 Å². The number of nitrogens with zero attached hydrogens (tertiary/aromatic N) is 1. The van der Waals surface area contributed by atoms with Gasteiger partial charge in [0.25, 0.3) is 0 Å². The first-order chi connectivity index (χ1) is 8.06. The van der Waals surface area contributed by atoms with Crippen LogP contribution in [0.4, 0.5) is 0 Å². The van der Waals surface area contributed by atoms with Crippen LogP contribution in [-0.4, -0.2) is 16.5 Å². The summed E-state index contributed by atoms with van der Waals surface area (Å²) in [6, 6.07) is 9.76. The molecular weight excluding hydrogens is 210 g/mol. The molecule has 0 heterocycles. The number of unbranched alkanes of at least 4 members (excludes halogenated alkanes) is 2. The fraction of sp³-hybridized carbons (Fsp3) is 0.533. The Morgan fingerprint density at radius 1 is 1.18 bits per heavy atom. The number of rotatable bonds is 6. The van der Waals surface area contributed by atoms with E-state index in [2.05, 4.69) is 6.92 Å². The lowest BCUT2D eigenvalue weighted by atomic mass is 9.97. The summed E-state index contributed by atoms with van der Waals surface area (Å²) in [5.41, 5.74) is 0.649. The van der Waals surface area contributed by atoms with Crippen LogP contribution >= 0.6 is 0 Å². The highest BCUT2D eigenvalue weighted by Crippen LogP contribution is 2.17. The minimum Gasteiger partial charge on any atom is -0.623 e. The molecule has 1 aromatic carbocycles. The fourth-order valence-electron chi connectivity index (χ4n) is 1.77. The monoisotopic (exact) mass is 233 g/mol. The van der Waals surface area contributed by atoms with Crippen molar-refractivity contribution in [1.82, 2.24) is 0 Å². The van der Waals surface area contributed by atoms with Crippen LogP contribution in [-0.2, 0) is 0 Å². The molecule has 0 bridgehead atoms. The average Bonchev–Trinajstić information content (AvgIpc) is 2.30. The van der Waals surface area contributed by atoms with E-state index in [1.807, 2.05) is 44.2 Å². The van der Waals surface area contributed by atoms with E-state index in [1.165, 1.54) is 12.8 Å². The second kappa shape index (κ2) is 6.43. The molecule has 0 aliphatic rings. The van der Waals surface area contributed by atoms with Gasteiger partial charge in [-0.15, -0.1) is 0 Å². The Hall–Kier alpha value is -1.31. The molecule has 0 aromatic heterocycles. The van der Waals surface area contributed by atoms with Gasteiger partial charge in [-0.1, -0.05) is 38.0 Å². The van der Waals surface area contributed by atoms with Crippen molar-refractivity contribution >= 4 is 6.21 Å². The van der Waals surface area contributed by atoms with E-state index < -0.39 is 0 Å². The van der Waals surface area contributed by atoms with Crippen LogP contribution < -0.4 is 0 Å². The van der Waals surface area contributed by atoms with Gasteiger partial charge in [0.15, 0.2) is 11.8 Å². The predicted molar refractivity (Wildman–Crippen MR) is 73.5 cm³/mol. The summed E-state index contributed by atoms with van der Waals surface area (Å²) in [5, 5.41) is 12.1. The minimum atomic E-state index is -0.314. The molecule has 0 saturated heterocycles. The average molecular weight is 233 g/mol. The number of hydrogen-bond donors (Lipinski definition) is 0. The Kier molecular flexibility index (Phi) is 5.20. The molecule has 0 saturated carbocycles. The lowest BCUT2D eigenvalue weighted by Gasteiger charge is -2.24. The van der Waals surface area contributed by atoms with Crippen LogP contribution in [0.5, 0.6) is 0 Å². The van der Waals surface area contributed by atoms with Crippen molar-refractivity contribution < 1.29 is 4.74 Å². The van der Waals surface area contributed by atoms with E-state index >= 15 is 0 Å². The SMILES string of the molecule is CCCCCC(C)(C)[N+]([O-])=Cc1ccccc1. The molecule has 0 amide bonds. The topological polar surface area (TPSA) is 26.1 Å². The molecular formula is C15H23NO. The predicted octanol–water partition coefficient (Wildman–Crippen LogP) is 3.97. The third-order valence-electron chi connectivity index (χ3n) is 3.05. The Labute approximate surface area is 105 Å². The van der Waals surface area contributed by atoms with E-state index in [1.54, 1.807) is 6.21 Å². The van der Waals surface area contributed by atoms with Crippen LogP contribution in [0.2, 0.25) is 0 Å². The van der Waals surface area contributed by atoms with E-state index in [-0.39, 0.29) is 5.54 Å². The van der Waals surface area contributed by atoms with Gasteiger partial charge in [0.2, 0.25) is 0 Å².